The average molecular weight is 561 g/mol. The van der Waals surface area contributed by atoms with E-state index in [4.69, 9.17) is 9.72 Å². The summed E-state index contributed by atoms with van der Waals surface area (Å²) in [5.41, 5.74) is 3.91. The molecule has 0 unspecified atom stereocenters. The summed E-state index contributed by atoms with van der Waals surface area (Å²) in [4.78, 5) is 36.6. The van der Waals surface area contributed by atoms with Crippen molar-refractivity contribution in [3.05, 3.63) is 77.2 Å². The Morgan fingerprint density at radius 1 is 1.02 bits per heavy atom. The van der Waals surface area contributed by atoms with E-state index in [0.717, 1.165) is 31.5 Å². The number of piperidine rings is 1. The summed E-state index contributed by atoms with van der Waals surface area (Å²) in [6.07, 6.45) is 4.66. The highest BCUT2D eigenvalue weighted by Crippen LogP contribution is 2.32. The molecule has 8 heteroatoms. The van der Waals surface area contributed by atoms with Crippen molar-refractivity contribution < 1.29 is 14.3 Å². The zero-order chi connectivity index (χ0) is 28.7. The largest absolute Gasteiger partial charge is 0.484 e. The summed E-state index contributed by atoms with van der Waals surface area (Å²) in [7, 11) is 0. The first-order chi connectivity index (χ1) is 19.1. The monoisotopic (exact) mass is 560 g/mol. The fourth-order valence-corrected chi connectivity index (χ4v) is 5.37. The quantitative estimate of drug-likeness (QED) is 0.246. The number of anilines is 1. The number of amides is 1. The van der Waals surface area contributed by atoms with E-state index in [9.17, 15) is 9.59 Å². The zero-order valence-electron chi connectivity index (χ0n) is 24.2. The van der Waals surface area contributed by atoms with E-state index in [2.05, 4.69) is 60.2 Å². The van der Waals surface area contributed by atoms with Crippen molar-refractivity contribution in [3.8, 4) is 5.75 Å². The number of hydrogen-bond donors (Lipinski definition) is 1. The molecule has 212 valence electrons. The van der Waals surface area contributed by atoms with Crippen molar-refractivity contribution in [2.24, 2.45) is 5.92 Å². The summed E-state index contributed by atoms with van der Waals surface area (Å²) in [6, 6.07) is 18.7. The molecule has 0 bridgehead atoms. The van der Waals surface area contributed by atoms with Crippen molar-refractivity contribution in [1.82, 2.24) is 15.3 Å². The molecular formula is C32H40N4O3S. The predicted octanol–water partition coefficient (Wildman–Crippen LogP) is 5.85. The third-order valence-electron chi connectivity index (χ3n) is 7.20. The Balaban J connectivity index is 1.48. The first-order valence-corrected chi connectivity index (χ1v) is 15.1. The molecule has 1 amide bonds. The third-order valence-corrected chi connectivity index (χ3v) is 7.86. The Bertz CT molecular complexity index is 1300. The van der Waals surface area contributed by atoms with E-state index in [1.54, 1.807) is 0 Å². The number of nitrogens with zero attached hydrogens (tertiary/aromatic N) is 3. The maximum atomic E-state index is 13.1. The van der Waals surface area contributed by atoms with Gasteiger partial charge in [0.05, 0.1) is 6.54 Å². The number of hydrogen-bond acceptors (Lipinski definition) is 7. The Morgan fingerprint density at radius 3 is 2.30 bits per heavy atom. The maximum absolute atomic E-state index is 13.1. The van der Waals surface area contributed by atoms with Crippen molar-refractivity contribution in [2.45, 2.75) is 64.0 Å². The number of Topliss-reactive ketones (excluding diaryl/α,β-unsaturated/α-hetero) is 1. The van der Waals surface area contributed by atoms with Crippen LogP contribution in [0.5, 0.6) is 5.75 Å². The molecule has 1 aromatic heterocycles. The Hall–Kier alpha value is -3.39. The molecule has 1 saturated heterocycles. The van der Waals surface area contributed by atoms with E-state index in [-0.39, 0.29) is 23.4 Å². The molecule has 1 N–H and O–H groups in total. The minimum absolute atomic E-state index is 0.0555. The summed E-state index contributed by atoms with van der Waals surface area (Å²) in [5.74, 6) is 0.862. The van der Waals surface area contributed by atoms with Crippen LogP contribution in [0.3, 0.4) is 0 Å². The lowest BCUT2D eigenvalue weighted by molar-refractivity contribution is -0.116. The van der Waals surface area contributed by atoms with Crippen LogP contribution < -0.4 is 15.0 Å². The molecule has 3 aromatic rings. The lowest BCUT2D eigenvalue weighted by atomic mass is 9.87. The van der Waals surface area contributed by atoms with Crippen LogP contribution in [0.25, 0.3) is 0 Å². The number of thioether (sulfide) groups is 1. The van der Waals surface area contributed by atoms with Gasteiger partial charge >= 0.3 is 0 Å². The third kappa shape index (κ3) is 7.84. The van der Waals surface area contributed by atoms with Gasteiger partial charge in [-0.05, 0) is 60.6 Å². The molecule has 2 aromatic carbocycles. The molecule has 2 heterocycles. The van der Waals surface area contributed by atoms with E-state index in [0.29, 0.717) is 35.5 Å². The van der Waals surface area contributed by atoms with E-state index in [1.165, 1.54) is 29.9 Å². The average Bonchev–Trinajstić information content (AvgIpc) is 2.95. The molecule has 40 heavy (non-hydrogen) atoms. The van der Waals surface area contributed by atoms with E-state index >= 15 is 0 Å². The smallest absolute Gasteiger partial charge is 0.274 e. The van der Waals surface area contributed by atoms with Gasteiger partial charge in [0.2, 0.25) is 0 Å². The summed E-state index contributed by atoms with van der Waals surface area (Å²) in [5, 5.41) is 3.31. The first-order valence-electron chi connectivity index (χ1n) is 13.9. The Morgan fingerprint density at radius 2 is 1.70 bits per heavy atom. The Labute approximate surface area is 242 Å². The highest BCUT2D eigenvalue weighted by molar-refractivity contribution is 7.98. The number of ether oxygens (including phenoxy) is 1. The van der Waals surface area contributed by atoms with Gasteiger partial charge in [-0.2, -0.15) is 0 Å². The van der Waals surface area contributed by atoms with E-state index in [1.807, 2.05) is 36.6 Å². The van der Waals surface area contributed by atoms with Crippen molar-refractivity contribution >= 4 is 29.1 Å². The number of nitrogens with one attached hydrogen (secondary N) is 1. The normalized spacial score (nSPS) is 14.2. The molecule has 0 aliphatic carbocycles. The summed E-state index contributed by atoms with van der Waals surface area (Å²) >= 11 is 1.43. The fraction of sp³-hybridized carbons (Fsp3) is 0.438. The van der Waals surface area contributed by atoms with Gasteiger partial charge in [-0.15, -0.1) is 11.8 Å². The van der Waals surface area contributed by atoms with Gasteiger partial charge in [0.1, 0.15) is 23.2 Å². The second-order valence-electron chi connectivity index (χ2n) is 11.4. The summed E-state index contributed by atoms with van der Waals surface area (Å²) < 4.78 is 6.11. The van der Waals surface area contributed by atoms with Crippen molar-refractivity contribution in [1.29, 1.82) is 0 Å². The number of aromatic nitrogens is 2. The molecule has 0 saturated carbocycles. The van der Waals surface area contributed by atoms with Crippen molar-refractivity contribution in [2.75, 3.05) is 30.8 Å². The second kappa shape index (κ2) is 13.3. The second-order valence-corrected chi connectivity index (χ2v) is 12.2. The minimum Gasteiger partial charge on any atom is -0.484 e. The predicted molar refractivity (Wildman–Crippen MR) is 161 cm³/mol. The van der Waals surface area contributed by atoms with Crippen LogP contribution in [-0.4, -0.2) is 47.5 Å². The van der Waals surface area contributed by atoms with Gasteiger partial charge in [0.25, 0.3) is 5.91 Å². The van der Waals surface area contributed by atoms with Gasteiger partial charge in [-0.3, -0.25) is 9.59 Å². The number of ketones is 1. The van der Waals surface area contributed by atoms with Gasteiger partial charge in [0.15, 0.2) is 11.4 Å². The standard InChI is InChI=1S/C32H40N4O3S/c1-22(37)20-33-30(38)28-29(39-21-24-9-7-6-8-10-24)31(40-5)35-27(34-28)19-23-15-17-36(18-16-23)26-13-11-25(12-14-26)32(2,3)4/h6-14,23H,15-21H2,1-5H3,(H,33,38). The maximum Gasteiger partial charge on any atom is 0.274 e. The minimum atomic E-state index is -0.425. The zero-order valence-corrected chi connectivity index (χ0v) is 25.0. The fourth-order valence-electron chi connectivity index (χ4n) is 4.83. The van der Waals surface area contributed by atoms with Crippen LogP contribution in [0, 0.1) is 5.92 Å². The molecular weight excluding hydrogens is 520 g/mol. The molecule has 4 rings (SSSR count). The van der Waals surface area contributed by atoms with Gasteiger partial charge < -0.3 is 15.0 Å². The highest BCUT2D eigenvalue weighted by Gasteiger charge is 2.25. The first kappa shape index (κ1) is 29.6. The lowest BCUT2D eigenvalue weighted by Crippen LogP contribution is -2.34. The van der Waals surface area contributed by atoms with Crippen LogP contribution in [0.2, 0.25) is 0 Å². The van der Waals surface area contributed by atoms with E-state index < -0.39 is 5.91 Å². The molecule has 1 fully saturated rings. The van der Waals surface area contributed by atoms with Crippen LogP contribution in [0.4, 0.5) is 5.69 Å². The highest BCUT2D eigenvalue weighted by atomic mass is 32.2. The number of carbonyl (C=O) groups excluding carboxylic acids is 2. The molecule has 1 aliphatic heterocycles. The lowest BCUT2D eigenvalue weighted by Gasteiger charge is -2.34. The molecule has 0 atom stereocenters. The van der Waals surface area contributed by atoms with Gasteiger partial charge in [-0.25, -0.2) is 9.97 Å². The SMILES string of the molecule is CSc1nc(CC2CCN(c3ccc(C(C)(C)C)cc3)CC2)nc(C(=O)NCC(C)=O)c1OCc1ccccc1. The van der Waals surface area contributed by atoms with Crippen LogP contribution >= 0.6 is 11.8 Å². The molecule has 0 spiro atoms. The number of carbonyl (C=O) groups is 2. The molecule has 1 aliphatic rings. The van der Waals surface area contributed by atoms with Crippen LogP contribution in [0.15, 0.2) is 59.6 Å². The summed E-state index contributed by atoms with van der Waals surface area (Å²) in [6.45, 7) is 10.3. The van der Waals surface area contributed by atoms with Crippen molar-refractivity contribution in [3.63, 3.8) is 0 Å². The van der Waals surface area contributed by atoms with Gasteiger partial charge in [-0.1, -0.05) is 63.2 Å². The van der Waals surface area contributed by atoms with Crippen LogP contribution in [0.1, 0.15) is 68.0 Å². The number of benzene rings is 2. The number of rotatable bonds is 10. The molecule has 7 nitrogen and oxygen atoms in total. The molecule has 0 radical (unpaired) electrons. The van der Waals surface area contributed by atoms with Crippen LogP contribution in [-0.2, 0) is 23.2 Å². The Kier molecular flexibility index (Phi) is 9.85. The topological polar surface area (TPSA) is 84.4 Å². The van der Waals surface area contributed by atoms with Gasteiger partial charge in [0, 0.05) is 25.2 Å².